The molecule has 0 aliphatic carbocycles. The van der Waals surface area contributed by atoms with E-state index in [1.165, 1.54) is 48.8 Å². The summed E-state index contributed by atoms with van der Waals surface area (Å²) < 4.78 is 2.31. The predicted molar refractivity (Wildman–Crippen MR) is 148 cm³/mol. The Labute approximate surface area is 211 Å². The number of anilines is 1. The van der Waals surface area contributed by atoms with Crippen molar-refractivity contribution in [3.8, 4) is 24.2 Å². The molecule has 0 bridgehead atoms. The standard InChI is InChI=1S/C31H38N4/c1-6-31(3,4)30-15-13-27(23-33-30)32-18-8-9-28-22-26-21-25(12-14-29(26)35(28)7-2)11-10-24-16-19-34(5)20-17-24/h1,12-15,21-24,32H,7,10-11,16-20H2,2-5H3. The van der Waals surface area contributed by atoms with Gasteiger partial charge in [-0.1, -0.05) is 17.9 Å². The summed E-state index contributed by atoms with van der Waals surface area (Å²) >= 11 is 0. The minimum atomic E-state index is -0.362. The highest BCUT2D eigenvalue weighted by Crippen LogP contribution is 2.25. The van der Waals surface area contributed by atoms with Gasteiger partial charge in [-0.2, -0.15) is 0 Å². The number of fused-ring (bicyclic) bond motifs is 1. The summed E-state index contributed by atoms with van der Waals surface area (Å²) in [5, 5.41) is 4.63. The lowest BCUT2D eigenvalue weighted by atomic mass is 9.90. The summed E-state index contributed by atoms with van der Waals surface area (Å²) in [7, 11) is 2.23. The van der Waals surface area contributed by atoms with Crippen molar-refractivity contribution in [2.24, 2.45) is 5.92 Å². The number of benzene rings is 1. The van der Waals surface area contributed by atoms with Gasteiger partial charge in [0.15, 0.2) is 0 Å². The van der Waals surface area contributed by atoms with Crippen LogP contribution in [0.2, 0.25) is 0 Å². The van der Waals surface area contributed by atoms with E-state index in [-0.39, 0.29) is 5.41 Å². The van der Waals surface area contributed by atoms with Gasteiger partial charge in [-0.3, -0.25) is 4.98 Å². The van der Waals surface area contributed by atoms with Gasteiger partial charge in [0.25, 0.3) is 0 Å². The molecule has 4 nitrogen and oxygen atoms in total. The highest BCUT2D eigenvalue weighted by Gasteiger charge is 2.18. The maximum Gasteiger partial charge on any atom is 0.0931 e. The molecule has 0 atom stereocenters. The van der Waals surface area contributed by atoms with Gasteiger partial charge in [0.2, 0.25) is 0 Å². The monoisotopic (exact) mass is 466 g/mol. The molecule has 1 aromatic carbocycles. The van der Waals surface area contributed by atoms with Crippen LogP contribution in [0.5, 0.6) is 0 Å². The molecule has 4 heteroatoms. The van der Waals surface area contributed by atoms with E-state index in [4.69, 9.17) is 6.42 Å². The first-order chi connectivity index (χ1) is 16.9. The van der Waals surface area contributed by atoms with Crippen LogP contribution in [-0.2, 0) is 18.4 Å². The van der Waals surface area contributed by atoms with Crippen LogP contribution in [0.1, 0.15) is 57.0 Å². The van der Waals surface area contributed by atoms with E-state index in [2.05, 4.69) is 75.8 Å². The van der Waals surface area contributed by atoms with Crippen LogP contribution in [0.3, 0.4) is 0 Å². The van der Waals surface area contributed by atoms with Gasteiger partial charge < -0.3 is 14.8 Å². The van der Waals surface area contributed by atoms with Gasteiger partial charge in [0.05, 0.1) is 35.2 Å². The number of piperidine rings is 1. The number of aryl methyl sites for hydroxylation is 2. The number of nitrogens with one attached hydrogen (secondary N) is 1. The fourth-order valence-corrected chi connectivity index (χ4v) is 4.86. The lowest BCUT2D eigenvalue weighted by Crippen LogP contribution is -2.30. The largest absolute Gasteiger partial charge is 0.373 e. The second kappa shape index (κ2) is 11.0. The molecule has 0 radical (unpaired) electrons. The van der Waals surface area contributed by atoms with E-state index in [0.29, 0.717) is 6.54 Å². The van der Waals surface area contributed by atoms with Crippen molar-refractivity contribution in [3.05, 3.63) is 59.5 Å². The quantitative estimate of drug-likeness (QED) is 0.453. The number of aromatic nitrogens is 2. The highest BCUT2D eigenvalue weighted by molar-refractivity contribution is 5.83. The molecule has 1 saturated heterocycles. The Bertz CT molecular complexity index is 1240. The molecule has 1 aliphatic heterocycles. The average molecular weight is 467 g/mol. The van der Waals surface area contributed by atoms with Crippen LogP contribution >= 0.6 is 0 Å². The molecular weight excluding hydrogens is 428 g/mol. The molecule has 3 aromatic rings. The second-order valence-corrected chi connectivity index (χ2v) is 10.3. The molecule has 1 N–H and O–H groups in total. The normalized spacial score (nSPS) is 14.9. The molecule has 35 heavy (non-hydrogen) atoms. The van der Waals surface area contributed by atoms with Crippen LogP contribution in [-0.4, -0.2) is 41.1 Å². The van der Waals surface area contributed by atoms with Crippen molar-refractivity contribution >= 4 is 16.6 Å². The summed E-state index contributed by atoms with van der Waals surface area (Å²) in [4.78, 5) is 6.96. The Balaban J connectivity index is 1.39. The molecule has 3 heterocycles. The topological polar surface area (TPSA) is 33.1 Å². The van der Waals surface area contributed by atoms with Gasteiger partial charge >= 0.3 is 0 Å². The Kier molecular flexibility index (Phi) is 7.84. The third-order valence-corrected chi connectivity index (χ3v) is 7.32. The van der Waals surface area contributed by atoms with Gasteiger partial charge in [0.1, 0.15) is 0 Å². The van der Waals surface area contributed by atoms with Crippen molar-refractivity contribution in [1.82, 2.24) is 14.5 Å². The average Bonchev–Trinajstić information content (AvgIpc) is 3.23. The molecule has 4 rings (SSSR count). The van der Waals surface area contributed by atoms with Crippen LogP contribution < -0.4 is 5.32 Å². The zero-order valence-electron chi connectivity index (χ0n) is 21.7. The first-order valence-electron chi connectivity index (χ1n) is 12.9. The van der Waals surface area contributed by atoms with E-state index in [0.717, 1.165) is 36.0 Å². The molecule has 0 spiro atoms. The van der Waals surface area contributed by atoms with Crippen molar-refractivity contribution in [1.29, 1.82) is 0 Å². The molecule has 0 saturated carbocycles. The smallest absolute Gasteiger partial charge is 0.0931 e. The molecule has 182 valence electrons. The van der Waals surface area contributed by atoms with E-state index in [1.807, 2.05) is 32.2 Å². The lowest BCUT2D eigenvalue weighted by molar-refractivity contribution is 0.212. The molecule has 0 amide bonds. The second-order valence-electron chi connectivity index (χ2n) is 10.3. The number of likely N-dealkylation sites (tertiary alicyclic amines) is 1. The SMILES string of the molecule is C#CC(C)(C)c1ccc(NCC#Cc2cc3cc(CCC4CCN(C)CC4)ccc3n2CC)cn1. The maximum atomic E-state index is 5.61. The van der Waals surface area contributed by atoms with Crippen LogP contribution in [0.15, 0.2) is 42.6 Å². The predicted octanol–water partition coefficient (Wildman–Crippen LogP) is 5.71. The first kappa shape index (κ1) is 24.9. The third-order valence-electron chi connectivity index (χ3n) is 7.32. The fraction of sp³-hybridized carbons (Fsp3) is 0.452. The van der Waals surface area contributed by atoms with Crippen LogP contribution in [0.4, 0.5) is 5.69 Å². The lowest BCUT2D eigenvalue weighted by Gasteiger charge is -2.28. The summed E-state index contributed by atoms with van der Waals surface area (Å²) in [6.45, 7) is 10.1. The van der Waals surface area contributed by atoms with Crippen molar-refractivity contribution < 1.29 is 0 Å². The molecule has 1 aliphatic rings. The zero-order valence-corrected chi connectivity index (χ0v) is 21.7. The van der Waals surface area contributed by atoms with Crippen molar-refractivity contribution in [2.75, 3.05) is 32.0 Å². The summed E-state index contributed by atoms with van der Waals surface area (Å²) in [6, 6.07) is 13.2. The number of pyridine rings is 1. The number of terminal acetylenes is 1. The van der Waals surface area contributed by atoms with Crippen LogP contribution in [0.25, 0.3) is 10.9 Å². The Morgan fingerprint density at radius 2 is 1.94 bits per heavy atom. The highest BCUT2D eigenvalue weighted by atomic mass is 15.1. The summed E-state index contributed by atoms with van der Waals surface area (Å²) in [5.41, 5.74) is 5.26. The van der Waals surface area contributed by atoms with E-state index in [9.17, 15) is 0 Å². The fourth-order valence-electron chi connectivity index (χ4n) is 4.86. The molecule has 2 aromatic heterocycles. The van der Waals surface area contributed by atoms with Gasteiger partial charge in [-0.25, -0.2) is 0 Å². The summed E-state index contributed by atoms with van der Waals surface area (Å²) in [6.07, 6.45) is 12.6. The molecule has 0 unspecified atom stereocenters. The Morgan fingerprint density at radius 1 is 1.14 bits per heavy atom. The zero-order chi connectivity index (χ0) is 24.8. The van der Waals surface area contributed by atoms with Gasteiger partial charge in [-0.15, -0.1) is 6.42 Å². The van der Waals surface area contributed by atoms with Crippen molar-refractivity contribution in [3.63, 3.8) is 0 Å². The third kappa shape index (κ3) is 6.08. The van der Waals surface area contributed by atoms with Crippen LogP contribution in [0, 0.1) is 30.1 Å². The molecule has 1 fully saturated rings. The Morgan fingerprint density at radius 3 is 2.63 bits per heavy atom. The Hall–Kier alpha value is -3.21. The maximum absolute atomic E-state index is 5.61. The van der Waals surface area contributed by atoms with Gasteiger partial charge in [0, 0.05) is 17.4 Å². The van der Waals surface area contributed by atoms with Gasteiger partial charge in [-0.05, 0) is 114 Å². The van der Waals surface area contributed by atoms with E-state index in [1.54, 1.807) is 0 Å². The number of hydrogen-bond donors (Lipinski definition) is 1. The summed E-state index contributed by atoms with van der Waals surface area (Å²) in [5.74, 6) is 10.3. The van der Waals surface area contributed by atoms with Crippen molar-refractivity contribution in [2.45, 2.75) is 58.4 Å². The number of rotatable bonds is 7. The number of nitrogens with zero attached hydrogens (tertiary/aromatic N) is 3. The minimum absolute atomic E-state index is 0.362. The first-order valence-corrected chi connectivity index (χ1v) is 12.9. The van der Waals surface area contributed by atoms with E-state index < -0.39 is 0 Å². The van der Waals surface area contributed by atoms with E-state index >= 15 is 0 Å². The number of hydrogen-bond acceptors (Lipinski definition) is 3. The molecular formula is C31H38N4. The minimum Gasteiger partial charge on any atom is -0.373 e.